The van der Waals surface area contributed by atoms with Gasteiger partial charge >= 0.3 is 0 Å². The molecule has 0 aromatic heterocycles. The van der Waals surface area contributed by atoms with Crippen LogP contribution in [0.3, 0.4) is 0 Å². The normalized spacial score (nSPS) is 24.4. The predicted molar refractivity (Wildman–Crippen MR) is 116 cm³/mol. The van der Waals surface area contributed by atoms with E-state index in [2.05, 4.69) is 17.0 Å². The second kappa shape index (κ2) is 10.7. The number of ether oxygens (including phenoxy) is 3. The molecule has 1 unspecified atom stereocenters. The Morgan fingerprint density at radius 2 is 1.83 bits per heavy atom. The third-order valence-corrected chi connectivity index (χ3v) is 7.11. The van der Waals surface area contributed by atoms with Gasteiger partial charge in [0.15, 0.2) is 0 Å². The Balaban J connectivity index is 1.14. The summed E-state index contributed by atoms with van der Waals surface area (Å²) in [5.74, 6) is 0.983. The van der Waals surface area contributed by atoms with Crippen molar-refractivity contribution in [1.29, 1.82) is 0 Å². The van der Waals surface area contributed by atoms with Crippen molar-refractivity contribution in [2.45, 2.75) is 76.1 Å². The molecule has 1 saturated carbocycles. The molecule has 0 radical (unpaired) electrons. The standard InChI is InChI=1S/C25H37NO4/c27-24(18-21-6-4-5-7-21)26-13-11-25(12-14-26)19-23(10-15-30-25)29-17-16-28-20-22-8-2-1-3-9-22/h1-3,8-9,21,23H,4-7,10-20H2. The molecule has 5 nitrogen and oxygen atoms in total. The highest BCUT2D eigenvalue weighted by Crippen LogP contribution is 2.37. The van der Waals surface area contributed by atoms with E-state index < -0.39 is 0 Å². The Labute approximate surface area is 181 Å². The molecule has 1 aliphatic carbocycles. The first-order chi connectivity index (χ1) is 14.7. The van der Waals surface area contributed by atoms with Gasteiger partial charge < -0.3 is 19.1 Å². The number of carbonyl (C=O) groups excluding carboxylic acids is 1. The second-order valence-electron chi connectivity index (χ2n) is 9.29. The lowest BCUT2D eigenvalue weighted by molar-refractivity contribution is -0.163. The number of amides is 1. The SMILES string of the molecule is O=C(CC1CCCC1)N1CCC2(CC1)CC(OCCOCc1ccccc1)CCO2. The van der Waals surface area contributed by atoms with Gasteiger partial charge in [0.25, 0.3) is 0 Å². The molecule has 3 aliphatic rings. The highest BCUT2D eigenvalue weighted by Gasteiger charge is 2.41. The van der Waals surface area contributed by atoms with Gasteiger partial charge in [-0.2, -0.15) is 0 Å². The van der Waals surface area contributed by atoms with E-state index in [1.165, 1.54) is 31.2 Å². The van der Waals surface area contributed by atoms with Gasteiger partial charge in [-0.3, -0.25) is 4.79 Å². The number of piperidine rings is 1. The summed E-state index contributed by atoms with van der Waals surface area (Å²) in [6, 6.07) is 10.2. The van der Waals surface area contributed by atoms with Crippen LogP contribution in [0.5, 0.6) is 0 Å². The molecule has 1 aromatic rings. The van der Waals surface area contributed by atoms with E-state index in [1.54, 1.807) is 0 Å². The van der Waals surface area contributed by atoms with Gasteiger partial charge in [-0.15, -0.1) is 0 Å². The Morgan fingerprint density at radius 3 is 2.60 bits per heavy atom. The molecule has 4 rings (SSSR count). The van der Waals surface area contributed by atoms with Gasteiger partial charge in [-0.25, -0.2) is 0 Å². The van der Waals surface area contributed by atoms with Crippen molar-refractivity contribution in [3.05, 3.63) is 35.9 Å². The van der Waals surface area contributed by atoms with Gasteiger partial charge in [0.1, 0.15) is 0 Å². The first-order valence-electron chi connectivity index (χ1n) is 11.9. The monoisotopic (exact) mass is 415 g/mol. The van der Waals surface area contributed by atoms with E-state index in [1.807, 2.05) is 18.2 Å². The lowest BCUT2D eigenvalue weighted by atomic mass is 9.83. The molecule has 1 atom stereocenters. The Bertz CT molecular complexity index is 650. The van der Waals surface area contributed by atoms with Gasteiger partial charge in [0.05, 0.1) is 31.5 Å². The fraction of sp³-hybridized carbons (Fsp3) is 0.720. The summed E-state index contributed by atoms with van der Waals surface area (Å²) in [5.41, 5.74) is 1.09. The van der Waals surface area contributed by atoms with Crippen LogP contribution in [0.25, 0.3) is 0 Å². The van der Waals surface area contributed by atoms with Gasteiger partial charge in [-0.1, -0.05) is 43.2 Å². The van der Waals surface area contributed by atoms with E-state index in [4.69, 9.17) is 14.2 Å². The van der Waals surface area contributed by atoms with Crippen molar-refractivity contribution in [3.8, 4) is 0 Å². The molecule has 0 N–H and O–H groups in total. The van der Waals surface area contributed by atoms with Crippen LogP contribution in [-0.2, 0) is 25.6 Å². The molecular weight excluding hydrogens is 378 g/mol. The first-order valence-corrected chi connectivity index (χ1v) is 11.9. The molecule has 166 valence electrons. The highest BCUT2D eigenvalue weighted by molar-refractivity contribution is 5.76. The number of hydrogen-bond acceptors (Lipinski definition) is 4. The quantitative estimate of drug-likeness (QED) is 0.593. The minimum absolute atomic E-state index is 0.0993. The minimum atomic E-state index is -0.0993. The summed E-state index contributed by atoms with van der Waals surface area (Å²) in [4.78, 5) is 14.7. The number of benzene rings is 1. The fourth-order valence-corrected chi connectivity index (χ4v) is 5.27. The van der Waals surface area contributed by atoms with E-state index >= 15 is 0 Å². The first kappa shape index (κ1) is 21.8. The van der Waals surface area contributed by atoms with Crippen LogP contribution >= 0.6 is 0 Å². The molecule has 1 spiro atoms. The Morgan fingerprint density at radius 1 is 1.07 bits per heavy atom. The van der Waals surface area contributed by atoms with E-state index in [9.17, 15) is 4.79 Å². The number of hydrogen-bond donors (Lipinski definition) is 0. The highest BCUT2D eigenvalue weighted by atomic mass is 16.5. The minimum Gasteiger partial charge on any atom is -0.376 e. The maximum atomic E-state index is 12.6. The molecule has 3 fully saturated rings. The molecule has 5 heteroatoms. The zero-order chi connectivity index (χ0) is 20.7. The summed E-state index contributed by atoms with van der Waals surface area (Å²) in [6.45, 7) is 4.29. The van der Waals surface area contributed by atoms with Crippen molar-refractivity contribution >= 4 is 5.91 Å². The molecule has 30 heavy (non-hydrogen) atoms. The van der Waals surface area contributed by atoms with Gasteiger partial charge in [0.2, 0.25) is 5.91 Å². The summed E-state index contributed by atoms with van der Waals surface area (Å²) < 4.78 is 18.1. The molecule has 2 aliphatic heterocycles. The van der Waals surface area contributed by atoms with Crippen LogP contribution in [0.4, 0.5) is 0 Å². The van der Waals surface area contributed by atoms with Crippen molar-refractivity contribution < 1.29 is 19.0 Å². The predicted octanol–water partition coefficient (Wildman–Crippen LogP) is 4.34. The summed E-state index contributed by atoms with van der Waals surface area (Å²) in [6.07, 6.45) is 9.83. The third kappa shape index (κ3) is 6.05. The number of rotatable bonds is 8. The van der Waals surface area contributed by atoms with Crippen molar-refractivity contribution in [2.75, 3.05) is 32.9 Å². The zero-order valence-corrected chi connectivity index (χ0v) is 18.2. The maximum Gasteiger partial charge on any atom is 0.222 e. The van der Waals surface area contributed by atoms with Crippen molar-refractivity contribution in [3.63, 3.8) is 0 Å². The van der Waals surface area contributed by atoms with Crippen LogP contribution in [0.15, 0.2) is 30.3 Å². The van der Waals surface area contributed by atoms with Crippen molar-refractivity contribution in [1.82, 2.24) is 4.90 Å². The Kier molecular flexibility index (Phi) is 7.80. The topological polar surface area (TPSA) is 48.0 Å². The zero-order valence-electron chi connectivity index (χ0n) is 18.2. The van der Waals surface area contributed by atoms with E-state index in [0.717, 1.165) is 51.8 Å². The molecule has 1 aromatic carbocycles. The molecule has 0 bridgehead atoms. The van der Waals surface area contributed by atoms with Crippen LogP contribution in [0, 0.1) is 5.92 Å². The maximum absolute atomic E-state index is 12.6. The summed E-state index contributed by atoms with van der Waals surface area (Å²) in [7, 11) is 0. The summed E-state index contributed by atoms with van der Waals surface area (Å²) in [5, 5.41) is 0. The fourth-order valence-electron chi connectivity index (χ4n) is 5.27. The molecular formula is C25H37NO4. The van der Waals surface area contributed by atoms with Crippen LogP contribution in [-0.4, -0.2) is 55.4 Å². The van der Waals surface area contributed by atoms with Gasteiger partial charge in [0, 0.05) is 32.5 Å². The Hall–Kier alpha value is -1.43. The van der Waals surface area contributed by atoms with Crippen LogP contribution in [0.2, 0.25) is 0 Å². The number of nitrogens with zero attached hydrogens (tertiary/aromatic N) is 1. The van der Waals surface area contributed by atoms with Crippen LogP contribution in [0.1, 0.15) is 63.4 Å². The molecule has 1 amide bonds. The average Bonchev–Trinajstić information content (AvgIpc) is 3.28. The van der Waals surface area contributed by atoms with E-state index in [-0.39, 0.29) is 11.7 Å². The molecule has 2 saturated heterocycles. The third-order valence-electron chi connectivity index (χ3n) is 7.11. The smallest absolute Gasteiger partial charge is 0.222 e. The van der Waals surface area contributed by atoms with E-state index in [0.29, 0.717) is 31.6 Å². The number of likely N-dealkylation sites (tertiary alicyclic amines) is 1. The summed E-state index contributed by atoms with van der Waals surface area (Å²) >= 11 is 0. The average molecular weight is 416 g/mol. The second-order valence-corrected chi connectivity index (χ2v) is 9.29. The largest absolute Gasteiger partial charge is 0.376 e. The lowest BCUT2D eigenvalue weighted by Gasteiger charge is -2.46. The molecule has 2 heterocycles. The number of carbonyl (C=O) groups is 1. The van der Waals surface area contributed by atoms with Crippen molar-refractivity contribution in [2.24, 2.45) is 5.92 Å². The lowest BCUT2D eigenvalue weighted by Crippen LogP contribution is -2.52. The van der Waals surface area contributed by atoms with Crippen LogP contribution < -0.4 is 0 Å². The van der Waals surface area contributed by atoms with Gasteiger partial charge in [-0.05, 0) is 43.6 Å².